The topological polar surface area (TPSA) is 106 Å². The quantitative estimate of drug-likeness (QED) is 0.620. The summed E-state index contributed by atoms with van der Waals surface area (Å²) in [5.74, 6) is -0.181. The van der Waals surface area contributed by atoms with Gasteiger partial charge in [0.2, 0.25) is 17.7 Å². The summed E-state index contributed by atoms with van der Waals surface area (Å²) in [6, 6.07) is 11.6. The van der Waals surface area contributed by atoms with Gasteiger partial charge in [-0.05, 0) is 50.2 Å². The highest BCUT2D eigenvalue weighted by Crippen LogP contribution is 2.31. The first kappa shape index (κ1) is 21.7. The molecule has 3 amide bonds. The van der Waals surface area contributed by atoms with E-state index in [0.717, 1.165) is 0 Å². The van der Waals surface area contributed by atoms with E-state index in [2.05, 4.69) is 16.0 Å². The highest BCUT2D eigenvalue weighted by Gasteiger charge is 2.36. The predicted octanol–water partition coefficient (Wildman–Crippen LogP) is 3.27. The summed E-state index contributed by atoms with van der Waals surface area (Å²) in [6.07, 6.45) is 0. The standard InChI is InChI=1S/C21H25N3O5/c1-13(25)22-14-6-8-15(9-7-14)23-19(26)21(2,3)20(27)24-17-12-16(28-4)10-11-18(17)29-5/h6-12H,1-5H3,(H,22,25)(H,23,26)(H,24,27). The molecule has 2 aromatic rings. The average Bonchev–Trinajstić information content (AvgIpc) is 2.68. The minimum atomic E-state index is -1.37. The van der Waals surface area contributed by atoms with Gasteiger partial charge in [-0.3, -0.25) is 14.4 Å². The van der Waals surface area contributed by atoms with Crippen LogP contribution in [0.25, 0.3) is 0 Å². The summed E-state index contributed by atoms with van der Waals surface area (Å²) in [6.45, 7) is 4.46. The Balaban J connectivity index is 2.11. The smallest absolute Gasteiger partial charge is 0.239 e. The van der Waals surface area contributed by atoms with Gasteiger partial charge in [0.25, 0.3) is 0 Å². The van der Waals surface area contributed by atoms with Crippen molar-refractivity contribution in [2.24, 2.45) is 5.41 Å². The fourth-order valence-corrected chi connectivity index (χ4v) is 2.42. The monoisotopic (exact) mass is 399 g/mol. The fraction of sp³-hybridized carbons (Fsp3) is 0.286. The van der Waals surface area contributed by atoms with Gasteiger partial charge in [-0.25, -0.2) is 0 Å². The van der Waals surface area contributed by atoms with Crippen molar-refractivity contribution in [3.05, 3.63) is 42.5 Å². The van der Waals surface area contributed by atoms with Crippen LogP contribution in [0.4, 0.5) is 17.1 Å². The van der Waals surface area contributed by atoms with Gasteiger partial charge in [-0.1, -0.05) is 0 Å². The lowest BCUT2D eigenvalue weighted by molar-refractivity contribution is -0.135. The lowest BCUT2D eigenvalue weighted by Gasteiger charge is -2.23. The summed E-state index contributed by atoms with van der Waals surface area (Å²) in [4.78, 5) is 36.6. The Hall–Kier alpha value is -3.55. The summed E-state index contributed by atoms with van der Waals surface area (Å²) >= 11 is 0. The largest absolute Gasteiger partial charge is 0.497 e. The number of nitrogens with one attached hydrogen (secondary N) is 3. The minimum Gasteiger partial charge on any atom is -0.497 e. The maximum Gasteiger partial charge on any atom is 0.239 e. The van der Waals surface area contributed by atoms with E-state index in [0.29, 0.717) is 28.6 Å². The number of anilines is 3. The molecule has 8 nitrogen and oxygen atoms in total. The van der Waals surface area contributed by atoms with Gasteiger partial charge in [0.05, 0.1) is 19.9 Å². The predicted molar refractivity (Wildman–Crippen MR) is 111 cm³/mol. The molecule has 29 heavy (non-hydrogen) atoms. The van der Waals surface area contributed by atoms with Crippen molar-refractivity contribution < 1.29 is 23.9 Å². The highest BCUT2D eigenvalue weighted by atomic mass is 16.5. The minimum absolute atomic E-state index is 0.187. The summed E-state index contributed by atoms with van der Waals surface area (Å²) in [5.41, 5.74) is 0.142. The molecule has 0 saturated carbocycles. The van der Waals surface area contributed by atoms with Gasteiger partial charge in [0, 0.05) is 24.4 Å². The van der Waals surface area contributed by atoms with Crippen molar-refractivity contribution in [1.82, 2.24) is 0 Å². The number of methoxy groups -OCH3 is 2. The van der Waals surface area contributed by atoms with E-state index in [1.807, 2.05) is 0 Å². The SMILES string of the molecule is COc1ccc(OC)c(NC(=O)C(C)(C)C(=O)Nc2ccc(NC(C)=O)cc2)c1. The first-order chi connectivity index (χ1) is 13.7. The molecule has 2 rings (SSSR count). The molecular formula is C21H25N3O5. The summed E-state index contributed by atoms with van der Waals surface area (Å²) in [7, 11) is 3.00. The molecule has 8 heteroatoms. The molecule has 0 bridgehead atoms. The second-order valence-corrected chi connectivity index (χ2v) is 6.86. The molecule has 3 N–H and O–H groups in total. The zero-order valence-corrected chi connectivity index (χ0v) is 17.1. The molecule has 0 aliphatic carbocycles. The average molecular weight is 399 g/mol. The Labute approximate surface area is 169 Å². The molecule has 2 aromatic carbocycles. The zero-order valence-electron chi connectivity index (χ0n) is 17.1. The van der Waals surface area contributed by atoms with Gasteiger partial charge >= 0.3 is 0 Å². The zero-order chi connectivity index (χ0) is 21.6. The molecule has 0 heterocycles. The van der Waals surface area contributed by atoms with Crippen LogP contribution < -0.4 is 25.4 Å². The van der Waals surface area contributed by atoms with Crippen LogP contribution >= 0.6 is 0 Å². The Morgan fingerprint density at radius 3 is 1.86 bits per heavy atom. The van der Waals surface area contributed by atoms with E-state index in [4.69, 9.17) is 9.47 Å². The summed E-state index contributed by atoms with van der Waals surface area (Å²) < 4.78 is 10.4. The van der Waals surface area contributed by atoms with Crippen LogP contribution in [0.15, 0.2) is 42.5 Å². The lowest BCUT2D eigenvalue weighted by atomic mass is 9.90. The van der Waals surface area contributed by atoms with Gasteiger partial charge < -0.3 is 25.4 Å². The maximum absolute atomic E-state index is 12.8. The van der Waals surface area contributed by atoms with Gasteiger partial charge in [-0.2, -0.15) is 0 Å². The number of benzene rings is 2. The molecule has 0 atom stereocenters. The number of rotatable bonds is 7. The van der Waals surface area contributed by atoms with Crippen molar-refractivity contribution >= 4 is 34.8 Å². The van der Waals surface area contributed by atoms with Gasteiger partial charge in [0.15, 0.2) is 0 Å². The first-order valence-corrected chi connectivity index (χ1v) is 8.90. The Bertz CT molecular complexity index is 907. The van der Waals surface area contributed by atoms with Crippen LogP contribution in [0.2, 0.25) is 0 Å². The van der Waals surface area contributed by atoms with Crippen molar-refractivity contribution in [1.29, 1.82) is 0 Å². The van der Waals surface area contributed by atoms with Crippen LogP contribution in [-0.4, -0.2) is 31.9 Å². The van der Waals surface area contributed by atoms with Gasteiger partial charge in [0.1, 0.15) is 16.9 Å². The van der Waals surface area contributed by atoms with Crippen molar-refractivity contribution in [3.63, 3.8) is 0 Å². The number of amides is 3. The lowest BCUT2D eigenvalue weighted by Crippen LogP contribution is -2.41. The van der Waals surface area contributed by atoms with E-state index in [1.165, 1.54) is 35.0 Å². The Kier molecular flexibility index (Phi) is 6.82. The van der Waals surface area contributed by atoms with E-state index in [1.54, 1.807) is 42.5 Å². The highest BCUT2D eigenvalue weighted by molar-refractivity contribution is 6.14. The normalized spacial score (nSPS) is 10.7. The number of carbonyl (C=O) groups excluding carboxylic acids is 3. The molecular weight excluding hydrogens is 374 g/mol. The van der Waals surface area contributed by atoms with Crippen LogP contribution in [0, 0.1) is 5.41 Å². The third kappa shape index (κ3) is 5.47. The number of ether oxygens (including phenoxy) is 2. The van der Waals surface area contributed by atoms with Crippen LogP contribution in [-0.2, 0) is 14.4 Å². The van der Waals surface area contributed by atoms with Crippen LogP contribution in [0.5, 0.6) is 11.5 Å². The first-order valence-electron chi connectivity index (χ1n) is 8.90. The van der Waals surface area contributed by atoms with E-state index >= 15 is 0 Å². The number of carbonyl (C=O) groups is 3. The third-order valence-corrected chi connectivity index (χ3v) is 4.25. The van der Waals surface area contributed by atoms with Crippen LogP contribution in [0.1, 0.15) is 20.8 Å². The second-order valence-electron chi connectivity index (χ2n) is 6.86. The number of hydrogen-bond donors (Lipinski definition) is 3. The molecule has 0 aromatic heterocycles. The summed E-state index contributed by atoms with van der Waals surface area (Å²) in [5, 5.41) is 8.08. The van der Waals surface area contributed by atoms with E-state index in [-0.39, 0.29) is 5.91 Å². The van der Waals surface area contributed by atoms with Crippen molar-refractivity contribution in [3.8, 4) is 11.5 Å². The van der Waals surface area contributed by atoms with Gasteiger partial charge in [-0.15, -0.1) is 0 Å². The van der Waals surface area contributed by atoms with E-state index < -0.39 is 17.2 Å². The molecule has 0 aliphatic heterocycles. The fourth-order valence-electron chi connectivity index (χ4n) is 2.42. The Morgan fingerprint density at radius 1 is 0.793 bits per heavy atom. The third-order valence-electron chi connectivity index (χ3n) is 4.25. The van der Waals surface area contributed by atoms with Crippen molar-refractivity contribution in [2.45, 2.75) is 20.8 Å². The van der Waals surface area contributed by atoms with Crippen LogP contribution in [0.3, 0.4) is 0 Å². The molecule has 0 unspecified atom stereocenters. The molecule has 0 fully saturated rings. The Morgan fingerprint density at radius 2 is 1.34 bits per heavy atom. The van der Waals surface area contributed by atoms with E-state index in [9.17, 15) is 14.4 Å². The molecule has 0 spiro atoms. The second kappa shape index (κ2) is 9.09. The maximum atomic E-state index is 12.8. The molecule has 0 radical (unpaired) electrons. The number of hydrogen-bond acceptors (Lipinski definition) is 5. The molecule has 0 saturated heterocycles. The molecule has 0 aliphatic rings. The molecule has 154 valence electrons. The van der Waals surface area contributed by atoms with Crippen molar-refractivity contribution in [2.75, 3.05) is 30.2 Å².